The molecule has 0 heterocycles. The predicted molar refractivity (Wildman–Crippen MR) is 105 cm³/mol. The maximum atomic E-state index is 12.8. The Morgan fingerprint density at radius 2 is 1.54 bits per heavy atom. The number of carbonyl (C=O) groups excluding carboxylic acids is 2. The number of hydrogen-bond donors (Lipinski definition) is 0. The van der Waals surface area contributed by atoms with E-state index in [1.807, 2.05) is 32.2 Å². The van der Waals surface area contributed by atoms with Crippen LogP contribution in [0.4, 0.5) is 0 Å². The highest BCUT2D eigenvalue weighted by Crippen LogP contribution is 2.37. The summed E-state index contributed by atoms with van der Waals surface area (Å²) in [7, 11) is -2.28. The van der Waals surface area contributed by atoms with Crippen molar-refractivity contribution in [2.45, 2.75) is 45.8 Å². The molecule has 5 heteroatoms. The van der Waals surface area contributed by atoms with E-state index in [0.717, 1.165) is 5.56 Å². The highest BCUT2D eigenvalue weighted by atomic mass is 28.4. The van der Waals surface area contributed by atoms with Gasteiger partial charge in [0.2, 0.25) is 0 Å². The van der Waals surface area contributed by atoms with E-state index in [0.29, 0.717) is 5.56 Å². The third-order valence-corrected chi connectivity index (χ3v) is 9.03. The zero-order valence-electron chi connectivity index (χ0n) is 16.3. The number of carbonyl (C=O) groups is 2. The number of esters is 1. The topological polar surface area (TPSA) is 52.6 Å². The fraction of sp³-hybridized carbons (Fsp3) is 0.333. The molecule has 0 fully saturated rings. The summed E-state index contributed by atoms with van der Waals surface area (Å²) in [6, 6.07) is 13.8. The molecule has 0 N–H and O–H groups in total. The lowest BCUT2D eigenvalue weighted by molar-refractivity contribution is 0.0693. The first-order valence-electron chi connectivity index (χ1n) is 8.62. The molecule has 2 aromatic carbocycles. The van der Waals surface area contributed by atoms with Gasteiger partial charge in [-0.05, 0) is 54.9 Å². The summed E-state index contributed by atoms with van der Waals surface area (Å²) in [5.74, 6) is -0.729. The van der Waals surface area contributed by atoms with Gasteiger partial charge in [0.15, 0.2) is 0 Å². The molecule has 0 saturated heterocycles. The largest absolute Gasteiger partial charge is 0.516 e. The Kier molecular flexibility index (Phi) is 5.71. The van der Waals surface area contributed by atoms with E-state index < -0.39 is 20.3 Å². The van der Waals surface area contributed by atoms with Gasteiger partial charge in [0, 0.05) is 0 Å². The van der Waals surface area contributed by atoms with Gasteiger partial charge in [-0.1, -0.05) is 45.0 Å². The summed E-state index contributed by atoms with van der Waals surface area (Å²) < 4.78 is 11.4. The second-order valence-corrected chi connectivity index (χ2v) is 12.6. The summed E-state index contributed by atoms with van der Waals surface area (Å²) in [5, 5.41) is -0.103. The number of hydrogen-bond acceptors (Lipinski definition) is 4. The minimum Gasteiger partial charge on any atom is -0.516 e. The third-order valence-electron chi connectivity index (χ3n) is 4.72. The molecule has 2 rings (SSSR count). The molecule has 0 amide bonds. The molecule has 0 radical (unpaired) electrons. The molecule has 0 atom stereocenters. The van der Waals surface area contributed by atoms with Crippen molar-refractivity contribution in [3.63, 3.8) is 0 Å². The fourth-order valence-corrected chi connectivity index (χ4v) is 2.94. The number of aryl methyl sites for hydroxylation is 1. The Balaban J connectivity index is 2.30. The van der Waals surface area contributed by atoms with Crippen molar-refractivity contribution in [2.75, 3.05) is 0 Å². The van der Waals surface area contributed by atoms with Crippen molar-refractivity contribution in [1.29, 1.82) is 0 Å². The van der Waals surface area contributed by atoms with E-state index in [2.05, 4.69) is 20.8 Å². The molecule has 0 bridgehead atoms. The molecule has 0 aliphatic heterocycles. The zero-order valence-corrected chi connectivity index (χ0v) is 17.3. The van der Waals surface area contributed by atoms with Gasteiger partial charge in [-0.25, -0.2) is 9.59 Å². The maximum Gasteiger partial charge on any atom is 0.343 e. The quantitative estimate of drug-likeness (QED) is 0.412. The minimum absolute atomic E-state index is 0.103. The smallest absolute Gasteiger partial charge is 0.343 e. The Hall–Kier alpha value is -2.40. The van der Waals surface area contributed by atoms with E-state index in [-0.39, 0.29) is 16.4 Å². The van der Waals surface area contributed by atoms with Crippen LogP contribution in [0.15, 0.2) is 48.5 Å². The van der Waals surface area contributed by atoms with Crippen molar-refractivity contribution in [1.82, 2.24) is 0 Å². The van der Waals surface area contributed by atoms with Gasteiger partial charge in [-0.2, -0.15) is 0 Å². The number of ether oxygens (including phenoxy) is 1. The first-order valence-corrected chi connectivity index (χ1v) is 11.5. The van der Waals surface area contributed by atoms with Gasteiger partial charge in [0.05, 0.1) is 5.56 Å². The lowest BCUT2D eigenvalue weighted by atomic mass is 10.1. The summed E-state index contributed by atoms with van der Waals surface area (Å²) >= 11 is 0. The molecule has 0 aliphatic rings. The summed E-state index contributed by atoms with van der Waals surface area (Å²) in [4.78, 5) is 25.2. The normalized spacial score (nSPS) is 11.8. The Morgan fingerprint density at radius 3 is 2.12 bits per heavy atom. The molecule has 0 spiro atoms. The van der Waals surface area contributed by atoms with Crippen LogP contribution in [0.25, 0.3) is 0 Å². The Labute approximate surface area is 156 Å². The van der Waals surface area contributed by atoms with Crippen molar-refractivity contribution in [3.8, 4) is 5.75 Å². The van der Waals surface area contributed by atoms with Crippen LogP contribution in [0.5, 0.6) is 5.75 Å². The number of rotatable bonds is 4. The summed E-state index contributed by atoms with van der Waals surface area (Å²) in [6.45, 7) is 12.1. The van der Waals surface area contributed by atoms with Crippen LogP contribution in [0.3, 0.4) is 0 Å². The fourth-order valence-electron chi connectivity index (χ4n) is 2.06. The first kappa shape index (κ1) is 19.9. The highest BCUT2D eigenvalue weighted by molar-refractivity contribution is 6.75. The molecule has 2 aromatic rings. The van der Waals surface area contributed by atoms with Crippen LogP contribution in [-0.2, 0) is 4.43 Å². The van der Waals surface area contributed by atoms with E-state index in [9.17, 15) is 9.59 Å². The third kappa shape index (κ3) is 4.61. The average molecular weight is 371 g/mol. The van der Waals surface area contributed by atoms with Gasteiger partial charge in [0.1, 0.15) is 11.3 Å². The van der Waals surface area contributed by atoms with Crippen molar-refractivity contribution < 1.29 is 18.8 Å². The standard InChI is InChI=1S/C21H26O4Si/c1-15-12-13-17(20(23)25-26(5,6)21(2,3)4)18(14-15)24-19(22)16-10-8-7-9-11-16/h7-14H,1-6H3. The Morgan fingerprint density at radius 1 is 0.923 bits per heavy atom. The van der Waals surface area contributed by atoms with Gasteiger partial charge >= 0.3 is 11.9 Å². The minimum atomic E-state index is -2.28. The van der Waals surface area contributed by atoms with Crippen molar-refractivity contribution in [2.24, 2.45) is 0 Å². The van der Waals surface area contributed by atoms with E-state index in [1.165, 1.54) is 0 Å². The zero-order chi connectivity index (χ0) is 19.5. The molecular weight excluding hydrogens is 344 g/mol. The average Bonchev–Trinajstić information content (AvgIpc) is 2.54. The molecule has 0 aliphatic carbocycles. The molecule has 0 saturated carbocycles. The van der Waals surface area contributed by atoms with Gasteiger partial charge < -0.3 is 9.16 Å². The molecule has 4 nitrogen and oxygen atoms in total. The van der Waals surface area contributed by atoms with Crippen molar-refractivity contribution in [3.05, 3.63) is 65.2 Å². The van der Waals surface area contributed by atoms with Crippen LogP contribution < -0.4 is 4.74 Å². The van der Waals surface area contributed by atoms with Crippen molar-refractivity contribution >= 4 is 20.3 Å². The maximum absolute atomic E-state index is 12.8. The van der Waals surface area contributed by atoms with Crippen LogP contribution in [0.2, 0.25) is 18.1 Å². The molecule has 0 unspecified atom stereocenters. The molecule has 26 heavy (non-hydrogen) atoms. The lowest BCUT2D eigenvalue weighted by Gasteiger charge is -2.35. The first-order chi connectivity index (χ1) is 12.0. The highest BCUT2D eigenvalue weighted by Gasteiger charge is 2.41. The van der Waals surface area contributed by atoms with Crippen LogP contribution in [0.1, 0.15) is 47.1 Å². The predicted octanol–water partition coefficient (Wildman–Crippen LogP) is 5.38. The molecule has 138 valence electrons. The van der Waals surface area contributed by atoms with Crippen LogP contribution >= 0.6 is 0 Å². The van der Waals surface area contributed by atoms with E-state index in [1.54, 1.807) is 36.4 Å². The molecular formula is C21H26O4Si. The summed E-state index contributed by atoms with van der Waals surface area (Å²) in [5.41, 5.74) is 1.59. The van der Waals surface area contributed by atoms with Crippen LogP contribution in [0, 0.1) is 6.92 Å². The second-order valence-electron chi connectivity index (χ2n) is 7.90. The SMILES string of the molecule is Cc1ccc(C(=O)O[Si](C)(C)C(C)(C)C)c(OC(=O)c2ccccc2)c1. The molecule has 0 aromatic heterocycles. The second kappa shape index (κ2) is 7.46. The van der Waals surface area contributed by atoms with Gasteiger partial charge in [0.25, 0.3) is 8.32 Å². The monoisotopic (exact) mass is 370 g/mol. The van der Waals surface area contributed by atoms with Crippen LogP contribution in [-0.4, -0.2) is 20.3 Å². The van der Waals surface area contributed by atoms with E-state index >= 15 is 0 Å². The van der Waals surface area contributed by atoms with Gasteiger partial charge in [-0.15, -0.1) is 0 Å². The van der Waals surface area contributed by atoms with Gasteiger partial charge in [-0.3, -0.25) is 0 Å². The lowest BCUT2D eigenvalue weighted by Crippen LogP contribution is -2.42. The van der Waals surface area contributed by atoms with E-state index in [4.69, 9.17) is 9.16 Å². The number of benzene rings is 2. The Bertz CT molecular complexity index is 805. The summed E-state index contributed by atoms with van der Waals surface area (Å²) in [6.07, 6.45) is 0.